The van der Waals surface area contributed by atoms with Crippen molar-refractivity contribution in [2.75, 3.05) is 5.32 Å². The molecule has 0 fully saturated rings. The van der Waals surface area contributed by atoms with E-state index in [1.807, 2.05) is 62.4 Å². The van der Waals surface area contributed by atoms with E-state index in [4.69, 9.17) is 4.98 Å². The third-order valence-corrected chi connectivity index (χ3v) is 5.01. The standard InChI is InChI=1S/C19H16N2OS/c1-11(2)20-17-18(22)13-8-4-3-7-12(13)16-19(17)23-15-10-6-5-9-14(15)21-16/h3-11,20H,1-2H3. The molecule has 0 atom stereocenters. The van der Waals surface area contributed by atoms with Crippen molar-refractivity contribution in [3.05, 3.63) is 58.8 Å². The Hall–Kier alpha value is -2.46. The van der Waals surface area contributed by atoms with Gasteiger partial charge in [-0.3, -0.25) is 4.79 Å². The van der Waals surface area contributed by atoms with Gasteiger partial charge in [0.1, 0.15) is 5.69 Å². The van der Waals surface area contributed by atoms with Crippen LogP contribution in [0.3, 0.4) is 0 Å². The van der Waals surface area contributed by atoms with E-state index in [9.17, 15) is 4.79 Å². The van der Waals surface area contributed by atoms with E-state index in [-0.39, 0.29) is 11.5 Å². The third kappa shape index (κ3) is 2.26. The number of hydrogen-bond acceptors (Lipinski definition) is 4. The number of nitrogens with one attached hydrogen (secondary N) is 1. The van der Waals surface area contributed by atoms with Gasteiger partial charge < -0.3 is 5.32 Å². The van der Waals surface area contributed by atoms with Gasteiger partial charge in [-0.2, -0.15) is 0 Å². The fourth-order valence-corrected chi connectivity index (χ4v) is 3.95. The van der Waals surface area contributed by atoms with Crippen molar-refractivity contribution in [1.82, 2.24) is 4.98 Å². The van der Waals surface area contributed by atoms with Crippen molar-refractivity contribution < 1.29 is 0 Å². The lowest BCUT2D eigenvalue weighted by Gasteiger charge is -2.17. The largest absolute Gasteiger partial charge is 0.378 e. The van der Waals surface area contributed by atoms with Gasteiger partial charge in [-0.15, -0.1) is 11.3 Å². The van der Waals surface area contributed by atoms with Gasteiger partial charge in [0.2, 0.25) is 5.43 Å². The molecule has 23 heavy (non-hydrogen) atoms. The number of benzene rings is 3. The smallest absolute Gasteiger partial charge is 0.211 e. The van der Waals surface area contributed by atoms with Crippen molar-refractivity contribution in [3.8, 4) is 10.6 Å². The summed E-state index contributed by atoms with van der Waals surface area (Å²) in [4.78, 5) is 18.7. The molecule has 0 saturated carbocycles. The minimum atomic E-state index is 0.0510. The van der Waals surface area contributed by atoms with Crippen LogP contribution in [0.2, 0.25) is 0 Å². The maximum absolute atomic E-state index is 12.9. The Morgan fingerprint density at radius 1 is 1.00 bits per heavy atom. The molecule has 1 aliphatic carbocycles. The quantitative estimate of drug-likeness (QED) is 0.429. The predicted octanol–water partition coefficient (Wildman–Crippen LogP) is 4.73. The van der Waals surface area contributed by atoms with Gasteiger partial charge in [-0.25, -0.2) is 4.98 Å². The van der Waals surface area contributed by atoms with Gasteiger partial charge in [0.05, 0.1) is 20.8 Å². The van der Waals surface area contributed by atoms with Gasteiger partial charge in [-0.05, 0) is 26.0 Å². The molecule has 2 aliphatic rings. The van der Waals surface area contributed by atoms with Crippen molar-refractivity contribution in [1.29, 1.82) is 0 Å². The summed E-state index contributed by atoms with van der Waals surface area (Å²) in [6, 6.07) is 16.0. The van der Waals surface area contributed by atoms with E-state index in [1.165, 1.54) is 0 Å². The maximum atomic E-state index is 12.9. The average molecular weight is 320 g/mol. The van der Waals surface area contributed by atoms with E-state index < -0.39 is 0 Å². The Labute approximate surface area is 138 Å². The monoisotopic (exact) mass is 320 g/mol. The number of rotatable bonds is 2. The molecule has 114 valence electrons. The zero-order valence-corrected chi connectivity index (χ0v) is 13.8. The molecule has 0 radical (unpaired) electrons. The molecular formula is C19H16N2OS. The number of nitrogens with zero attached hydrogens (tertiary/aromatic N) is 1. The van der Waals surface area contributed by atoms with Crippen molar-refractivity contribution in [2.24, 2.45) is 0 Å². The first-order valence-corrected chi connectivity index (χ1v) is 8.47. The summed E-state index contributed by atoms with van der Waals surface area (Å²) in [5.74, 6) is 0. The first-order valence-electron chi connectivity index (χ1n) is 7.66. The van der Waals surface area contributed by atoms with E-state index in [0.29, 0.717) is 5.69 Å². The van der Waals surface area contributed by atoms with Crippen LogP contribution in [0.15, 0.2) is 53.3 Å². The lowest BCUT2D eigenvalue weighted by atomic mass is 10.0. The molecule has 2 aromatic carbocycles. The van der Waals surface area contributed by atoms with E-state index in [2.05, 4.69) is 5.32 Å². The van der Waals surface area contributed by atoms with E-state index >= 15 is 0 Å². The second kappa shape index (κ2) is 5.32. The fraction of sp³-hybridized carbons (Fsp3) is 0.158. The number of fused-ring (bicyclic) bond motifs is 4. The Balaban J connectivity index is 2.22. The Kier molecular flexibility index (Phi) is 3.27. The average Bonchev–Trinajstić information content (AvgIpc) is 2.57. The van der Waals surface area contributed by atoms with Crippen molar-refractivity contribution >= 4 is 38.0 Å². The number of anilines is 1. The SMILES string of the molecule is CC(C)Nc1c2sc3ccccc3nc-2c2ccccc2c1=O. The Morgan fingerprint density at radius 2 is 1.70 bits per heavy atom. The molecule has 0 bridgehead atoms. The van der Waals surface area contributed by atoms with Crippen LogP contribution in [0.5, 0.6) is 0 Å². The van der Waals surface area contributed by atoms with Crippen LogP contribution < -0.4 is 10.7 Å². The highest BCUT2D eigenvalue weighted by molar-refractivity contribution is 7.22. The molecule has 1 heterocycles. The lowest BCUT2D eigenvalue weighted by molar-refractivity contribution is 0.899. The zero-order chi connectivity index (χ0) is 16.0. The molecule has 3 nitrogen and oxygen atoms in total. The van der Waals surface area contributed by atoms with Crippen LogP contribution in [0.4, 0.5) is 5.69 Å². The first kappa shape index (κ1) is 14.2. The topological polar surface area (TPSA) is 42.0 Å². The summed E-state index contributed by atoms with van der Waals surface area (Å²) in [5.41, 5.74) is 2.57. The summed E-state index contributed by atoms with van der Waals surface area (Å²) in [7, 11) is 0. The molecule has 1 aliphatic heterocycles. The van der Waals surface area contributed by atoms with Gasteiger partial charge in [0.15, 0.2) is 0 Å². The highest BCUT2D eigenvalue weighted by Crippen LogP contribution is 2.39. The second-order valence-electron chi connectivity index (χ2n) is 5.91. The highest BCUT2D eigenvalue weighted by atomic mass is 32.1. The zero-order valence-electron chi connectivity index (χ0n) is 13.0. The van der Waals surface area contributed by atoms with Gasteiger partial charge in [0.25, 0.3) is 0 Å². The molecule has 0 aromatic heterocycles. The van der Waals surface area contributed by atoms with Crippen molar-refractivity contribution in [2.45, 2.75) is 19.9 Å². The number of aromatic nitrogens is 1. The minimum absolute atomic E-state index is 0.0510. The molecule has 0 amide bonds. The highest BCUT2D eigenvalue weighted by Gasteiger charge is 2.20. The van der Waals surface area contributed by atoms with E-state index in [1.54, 1.807) is 11.3 Å². The van der Waals surface area contributed by atoms with Crippen LogP contribution in [-0.4, -0.2) is 11.0 Å². The second-order valence-corrected chi connectivity index (χ2v) is 6.96. The summed E-state index contributed by atoms with van der Waals surface area (Å²) >= 11 is 1.62. The molecule has 2 aromatic rings. The van der Waals surface area contributed by atoms with Crippen LogP contribution in [0, 0.1) is 0 Å². The number of para-hydroxylation sites is 1. The van der Waals surface area contributed by atoms with Crippen LogP contribution >= 0.6 is 11.3 Å². The minimum Gasteiger partial charge on any atom is -0.378 e. The van der Waals surface area contributed by atoms with E-state index in [0.717, 1.165) is 31.6 Å². The molecule has 0 saturated heterocycles. The third-order valence-electron chi connectivity index (χ3n) is 3.84. The Morgan fingerprint density at radius 3 is 2.48 bits per heavy atom. The summed E-state index contributed by atoms with van der Waals surface area (Å²) in [6.07, 6.45) is 0. The van der Waals surface area contributed by atoms with Crippen LogP contribution in [0.25, 0.3) is 31.6 Å². The molecular weight excluding hydrogens is 304 g/mol. The fourth-order valence-electron chi connectivity index (χ4n) is 2.86. The molecule has 0 spiro atoms. The number of hydrogen-bond donors (Lipinski definition) is 1. The molecule has 4 rings (SSSR count). The normalized spacial score (nSPS) is 11.6. The molecule has 1 N–H and O–H groups in total. The summed E-state index contributed by atoms with van der Waals surface area (Å²) in [6.45, 7) is 4.08. The van der Waals surface area contributed by atoms with Crippen LogP contribution in [-0.2, 0) is 0 Å². The lowest BCUT2D eigenvalue weighted by Crippen LogP contribution is -2.19. The molecule has 0 unspecified atom stereocenters. The molecule has 4 heteroatoms. The summed E-state index contributed by atoms with van der Waals surface area (Å²) < 4.78 is 1.08. The first-order chi connectivity index (χ1) is 11.1. The van der Waals surface area contributed by atoms with Gasteiger partial charge in [0, 0.05) is 16.8 Å². The Bertz CT molecular complexity index is 1050. The van der Waals surface area contributed by atoms with Gasteiger partial charge >= 0.3 is 0 Å². The van der Waals surface area contributed by atoms with Gasteiger partial charge in [-0.1, -0.05) is 36.4 Å². The van der Waals surface area contributed by atoms with Crippen molar-refractivity contribution in [3.63, 3.8) is 0 Å². The van der Waals surface area contributed by atoms with Crippen LogP contribution in [0.1, 0.15) is 13.8 Å². The maximum Gasteiger partial charge on any atom is 0.211 e. The summed E-state index contributed by atoms with van der Waals surface area (Å²) in [5, 5.41) is 4.97. The predicted molar refractivity (Wildman–Crippen MR) is 98.8 cm³/mol.